The van der Waals surface area contributed by atoms with E-state index in [1.165, 1.54) is 16.3 Å². The van der Waals surface area contributed by atoms with Crippen molar-refractivity contribution in [3.05, 3.63) is 90.6 Å². The lowest BCUT2D eigenvalue weighted by molar-refractivity contribution is 0.327. The molecule has 0 amide bonds. The number of aliphatic imine (C=N–C) groups is 1. The lowest BCUT2D eigenvalue weighted by atomic mass is 9.84. The van der Waals surface area contributed by atoms with Crippen molar-refractivity contribution in [1.29, 1.82) is 0 Å². The zero-order chi connectivity index (χ0) is 20.1. The molecule has 4 rings (SSSR count). The molecule has 29 heavy (non-hydrogen) atoms. The highest BCUT2D eigenvalue weighted by molar-refractivity contribution is 5.87. The highest BCUT2D eigenvalue weighted by Crippen LogP contribution is 2.32. The first-order valence-corrected chi connectivity index (χ1v) is 9.87. The Morgan fingerprint density at radius 3 is 2.62 bits per heavy atom. The van der Waals surface area contributed by atoms with E-state index in [1.54, 1.807) is 0 Å². The van der Waals surface area contributed by atoms with E-state index >= 15 is 0 Å². The number of rotatable bonds is 6. The van der Waals surface area contributed by atoms with E-state index in [9.17, 15) is 0 Å². The Bertz CT molecular complexity index is 1030. The number of para-hydroxylation sites is 1. The van der Waals surface area contributed by atoms with Gasteiger partial charge in [-0.05, 0) is 34.5 Å². The third kappa shape index (κ3) is 4.25. The first-order chi connectivity index (χ1) is 14.2. The van der Waals surface area contributed by atoms with E-state index in [0.717, 1.165) is 5.75 Å². The molecule has 0 bridgehead atoms. The van der Waals surface area contributed by atoms with Crippen molar-refractivity contribution in [3.8, 4) is 5.75 Å². The van der Waals surface area contributed by atoms with Crippen LogP contribution in [0.25, 0.3) is 10.8 Å². The van der Waals surface area contributed by atoms with Crippen LogP contribution in [0.15, 0.2) is 90.1 Å². The summed E-state index contributed by atoms with van der Waals surface area (Å²) in [5.41, 5.74) is 7.22. The number of ether oxygens (including phenoxy) is 1. The summed E-state index contributed by atoms with van der Waals surface area (Å²) in [5.74, 6) is 1.53. The minimum atomic E-state index is -0.742. The van der Waals surface area contributed by atoms with Crippen LogP contribution in [-0.4, -0.2) is 24.8 Å². The number of hydrogen-bond acceptors (Lipinski definition) is 3. The first kappa shape index (κ1) is 19.0. The van der Waals surface area contributed by atoms with Crippen LogP contribution < -0.4 is 21.1 Å². The number of fused-ring (bicyclic) bond motifs is 1. The predicted molar refractivity (Wildman–Crippen MR) is 119 cm³/mol. The molecule has 1 heterocycles. The summed E-state index contributed by atoms with van der Waals surface area (Å²) in [7, 11) is 0. The fraction of sp³-hybridized carbons (Fsp3) is 0.208. The van der Waals surface area contributed by atoms with Crippen LogP contribution in [0.2, 0.25) is 0 Å². The highest BCUT2D eigenvalue weighted by atomic mass is 16.5. The second-order valence-corrected chi connectivity index (χ2v) is 7.22. The third-order valence-corrected chi connectivity index (χ3v) is 5.29. The molecule has 1 aliphatic rings. The fourth-order valence-corrected chi connectivity index (χ4v) is 3.60. The second-order valence-electron chi connectivity index (χ2n) is 7.22. The topological polar surface area (TPSA) is 71.7 Å². The van der Waals surface area contributed by atoms with Gasteiger partial charge in [-0.15, -0.1) is 0 Å². The van der Waals surface area contributed by atoms with E-state index in [2.05, 4.69) is 65.0 Å². The largest absolute Gasteiger partial charge is 0.492 e. The standard InChI is InChI=1S/C24H26N4O/c1-18(21-13-7-9-19-8-5-6-12-22(19)21)24(25)14-15-26-23(28-24)27-16-17-29-20-10-3-2-4-11-20/h2-15,18H,16-17,25H2,1H3,(H2,26,27,28)/t18-,24?/m0/s1. The van der Waals surface area contributed by atoms with Gasteiger partial charge in [0, 0.05) is 12.1 Å². The smallest absolute Gasteiger partial charge is 0.197 e. The van der Waals surface area contributed by atoms with Gasteiger partial charge in [-0.3, -0.25) is 0 Å². The summed E-state index contributed by atoms with van der Waals surface area (Å²) in [6.07, 6.45) is 3.81. The fourth-order valence-electron chi connectivity index (χ4n) is 3.60. The summed E-state index contributed by atoms with van der Waals surface area (Å²) in [6, 6.07) is 24.5. The molecular weight excluding hydrogens is 360 g/mol. The van der Waals surface area contributed by atoms with E-state index in [0.29, 0.717) is 19.1 Å². The minimum absolute atomic E-state index is 0.0396. The zero-order valence-electron chi connectivity index (χ0n) is 16.5. The molecule has 0 aliphatic carbocycles. The number of hydrogen-bond donors (Lipinski definition) is 3. The van der Waals surface area contributed by atoms with Crippen molar-refractivity contribution >= 4 is 16.7 Å². The average Bonchev–Trinajstić information content (AvgIpc) is 2.77. The quantitative estimate of drug-likeness (QED) is 0.565. The maximum atomic E-state index is 6.76. The Balaban J connectivity index is 1.46. The Labute approximate surface area is 171 Å². The van der Waals surface area contributed by atoms with E-state index < -0.39 is 5.66 Å². The number of nitrogens with two attached hydrogens (primary N) is 1. The maximum Gasteiger partial charge on any atom is 0.197 e. The second kappa shape index (κ2) is 8.37. The summed E-state index contributed by atoms with van der Waals surface area (Å²) in [6.45, 7) is 3.16. The summed E-state index contributed by atoms with van der Waals surface area (Å²) in [4.78, 5) is 4.57. The molecule has 0 saturated heterocycles. The molecule has 148 valence electrons. The molecule has 5 nitrogen and oxygen atoms in total. The molecule has 0 fully saturated rings. The first-order valence-electron chi connectivity index (χ1n) is 9.87. The van der Waals surface area contributed by atoms with Crippen LogP contribution >= 0.6 is 0 Å². The molecule has 3 aromatic carbocycles. The van der Waals surface area contributed by atoms with Crippen LogP contribution in [0, 0.1) is 0 Å². The van der Waals surface area contributed by atoms with Gasteiger partial charge in [0.05, 0.1) is 6.54 Å². The van der Waals surface area contributed by atoms with Gasteiger partial charge in [0.15, 0.2) is 5.96 Å². The molecule has 0 spiro atoms. The normalized spacial score (nSPS) is 20.8. The zero-order valence-corrected chi connectivity index (χ0v) is 16.5. The number of nitrogens with one attached hydrogen (secondary N) is 2. The summed E-state index contributed by atoms with van der Waals surface area (Å²) < 4.78 is 5.70. The predicted octanol–water partition coefficient (Wildman–Crippen LogP) is 3.74. The number of nitrogens with zero attached hydrogens (tertiary/aromatic N) is 1. The summed E-state index contributed by atoms with van der Waals surface area (Å²) in [5, 5.41) is 8.94. The SMILES string of the molecule is C[C@@H](c1cccc2ccccc12)C1(N)C=CNC(=NCCOc2ccccc2)N1. The van der Waals surface area contributed by atoms with Crippen molar-refractivity contribution in [3.63, 3.8) is 0 Å². The molecule has 2 atom stereocenters. The van der Waals surface area contributed by atoms with E-state index in [4.69, 9.17) is 10.5 Å². The van der Waals surface area contributed by atoms with Gasteiger partial charge in [-0.25, -0.2) is 4.99 Å². The highest BCUT2D eigenvalue weighted by Gasteiger charge is 2.34. The van der Waals surface area contributed by atoms with Gasteiger partial charge in [-0.2, -0.15) is 0 Å². The van der Waals surface area contributed by atoms with Crippen molar-refractivity contribution in [1.82, 2.24) is 10.6 Å². The molecular formula is C24H26N4O. The van der Waals surface area contributed by atoms with E-state index in [1.807, 2.05) is 42.6 Å². The molecule has 1 aliphatic heterocycles. The molecule has 4 N–H and O–H groups in total. The van der Waals surface area contributed by atoms with Crippen molar-refractivity contribution in [2.75, 3.05) is 13.2 Å². The lowest BCUT2D eigenvalue weighted by Gasteiger charge is -2.38. The van der Waals surface area contributed by atoms with Crippen LogP contribution in [0.5, 0.6) is 5.75 Å². The molecule has 5 heteroatoms. The van der Waals surface area contributed by atoms with Gasteiger partial charge in [0.2, 0.25) is 0 Å². The number of benzene rings is 3. The van der Waals surface area contributed by atoms with Gasteiger partial charge in [-0.1, -0.05) is 67.6 Å². The Kier molecular flexibility index (Phi) is 5.49. The van der Waals surface area contributed by atoms with Gasteiger partial charge in [0.25, 0.3) is 0 Å². The molecule has 0 radical (unpaired) electrons. The Hall–Kier alpha value is -3.31. The molecule has 0 saturated carbocycles. The van der Waals surface area contributed by atoms with Gasteiger partial charge >= 0.3 is 0 Å². The van der Waals surface area contributed by atoms with Crippen LogP contribution in [0.1, 0.15) is 18.4 Å². The lowest BCUT2D eigenvalue weighted by Crippen LogP contribution is -2.62. The monoisotopic (exact) mass is 386 g/mol. The van der Waals surface area contributed by atoms with E-state index in [-0.39, 0.29) is 5.92 Å². The van der Waals surface area contributed by atoms with Crippen LogP contribution in [-0.2, 0) is 0 Å². The van der Waals surface area contributed by atoms with Crippen molar-refractivity contribution < 1.29 is 4.74 Å². The molecule has 3 aromatic rings. The van der Waals surface area contributed by atoms with Crippen molar-refractivity contribution in [2.45, 2.75) is 18.5 Å². The number of guanidine groups is 1. The van der Waals surface area contributed by atoms with Gasteiger partial charge < -0.3 is 21.1 Å². The minimum Gasteiger partial charge on any atom is -0.492 e. The molecule has 0 aromatic heterocycles. The third-order valence-electron chi connectivity index (χ3n) is 5.29. The Morgan fingerprint density at radius 2 is 1.76 bits per heavy atom. The average molecular weight is 386 g/mol. The van der Waals surface area contributed by atoms with Crippen LogP contribution in [0.3, 0.4) is 0 Å². The van der Waals surface area contributed by atoms with Crippen LogP contribution in [0.4, 0.5) is 0 Å². The molecule has 1 unspecified atom stereocenters. The van der Waals surface area contributed by atoms with Gasteiger partial charge in [0.1, 0.15) is 18.0 Å². The van der Waals surface area contributed by atoms with Crippen molar-refractivity contribution in [2.24, 2.45) is 10.7 Å². The Morgan fingerprint density at radius 1 is 1.00 bits per heavy atom. The maximum absolute atomic E-state index is 6.76. The summed E-state index contributed by atoms with van der Waals surface area (Å²) >= 11 is 0.